The van der Waals surface area contributed by atoms with Gasteiger partial charge >= 0.3 is 5.69 Å². The Morgan fingerprint density at radius 3 is 2.13 bits per heavy atom. The van der Waals surface area contributed by atoms with Crippen molar-refractivity contribution < 1.29 is 14.4 Å². The van der Waals surface area contributed by atoms with Crippen molar-refractivity contribution in [1.29, 1.82) is 0 Å². The molecule has 2 heterocycles. The number of aromatic nitrogens is 2. The Kier molecular flexibility index (Phi) is 6.83. The largest absolute Gasteiger partial charge is 0.341 e. The van der Waals surface area contributed by atoms with Crippen LogP contribution in [0.2, 0.25) is 0 Å². The zero-order chi connectivity index (χ0) is 27.5. The van der Waals surface area contributed by atoms with Crippen LogP contribution in [0.3, 0.4) is 0 Å². The molecule has 0 saturated heterocycles. The van der Waals surface area contributed by atoms with Gasteiger partial charge in [0.2, 0.25) is 0 Å². The third-order valence-electron chi connectivity index (χ3n) is 6.49. The number of hydrogen-bond donors (Lipinski definition) is 1. The van der Waals surface area contributed by atoms with E-state index in [1.807, 2.05) is 42.2 Å². The van der Waals surface area contributed by atoms with Gasteiger partial charge in [-0.05, 0) is 53.9 Å². The Morgan fingerprint density at radius 2 is 1.49 bits per heavy atom. The minimum Gasteiger partial charge on any atom is -0.341 e. The van der Waals surface area contributed by atoms with Gasteiger partial charge in [0.1, 0.15) is 12.7 Å². The van der Waals surface area contributed by atoms with Crippen LogP contribution >= 0.6 is 0 Å². The summed E-state index contributed by atoms with van der Waals surface area (Å²) in [5.41, 5.74) is 7.15. The lowest BCUT2D eigenvalue weighted by molar-refractivity contribution is -0.671. The maximum atomic E-state index is 11.4. The molecule has 0 fully saturated rings. The fraction of sp³-hybridized carbons (Fsp3) is 0.103. The second kappa shape index (κ2) is 10.5. The number of nitro benzene ring substituents is 2. The van der Waals surface area contributed by atoms with Gasteiger partial charge in [0.15, 0.2) is 12.4 Å². The van der Waals surface area contributed by atoms with Gasteiger partial charge in [-0.1, -0.05) is 24.3 Å². The standard InChI is InChI=1S/C29H25N6O4/c1-3-33-27-10-6-21(5-4-20-12-14-32(2)15-13-20)16-24(27)25-17-22(7-11-28(25)33)19-30-31-26-9-8-23(34(36)37)18-29(26)35(38)39/h4-19,31H,3H2,1-2H3/q+1/b30-19+. The molecule has 0 spiro atoms. The molecule has 3 aromatic carbocycles. The van der Waals surface area contributed by atoms with Crippen LogP contribution in [-0.4, -0.2) is 20.6 Å². The van der Waals surface area contributed by atoms with E-state index < -0.39 is 15.5 Å². The van der Waals surface area contributed by atoms with Crippen LogP contribution in [0.4, 0.5) is 17.1 Å². The third-order valence-corrected chi connectivity index (χ3v) is 6.49. The molecule has 0 saturated carbocycles. The van der Waals surface area contributed by atoms with E-state index in [1.54, 1.807) is 6.21 Å². The van der Waals surface area contributed by atoms with E-state index in [9.17, 15) is 20.2 Å². The predicted molar refractivity (Wildman–Crippen MR) is 153 cm³/mol. The highest BCUT2D eigenvalue weighted by molar-refractivity contribution is 6.10. The van der Waals surface area contributed by atoms with Crippen LogP contribution in [0.25, 0.3) is 34.0 Å². The number of nitrogens with zero attached hydrogens (tertiary/aromatic N) is 5. The van der Waals surface area contributed by atoms with Crippen molar-refractivity contribution in [2.24, 2.45) is 12.1 Å². The van der Waals surface area contributed by atoms with Crippen molar-refractivity contribution in [3.63, 3.8) is 0 Å². The molecule has 0 bridgehead atoms. The first-order valence-corrected chi connectivity index (χ1v) is 12.3. The van der Waals surface area contributed by atoms with E-state index in [4.69, 9.17) is 0 Å². The summed E-state index contributed by atoms with van der Waals surface area (Å²) in [4.78, 5) is 21.0. The highest BCUT2D eigenvalue weighted by Crippen LogP contribution is 2.31. The number of anilines is 1. The van der Waals surface area contributed by atoms with Crippen LogP contribution in [0.15, 0.2) is 84.2 Å². The zero-order valence-electron chi connectivity index (χ0n) is 21.3. The van der Waals surface area contributed by atoms with Gasteiger partial charge in [-0.15, -0.1) is 0 Å². The molecule has 0 aliphatic heterocycles. The van der Waals surface area contributed by atoms with Gasteiger partial charge < -0.3 is 4.57 Å². The molecule has 0 unspecified atom stereocenters. The van der Waals surface area contributed by atoms with Crippen molar-refractivity contribution in [2.45, 2.75) is 13.5 Å². The summed E-state index contributed by atoms with van der Waals surface area (Å²) in [6, 6.07) is 19.9. The van der Waals surface area contributed by atoms with Crippen LogP contribution in [0.5, 0.6) is 0 Å². The van der Waals surface area contributed by atoms with Gasteiger partial charge in [0.25, 0.3) is 5.69 Å². The van der Waals surface area contributed by atoms with Crippen molar-refractivity contribution >= 4 is 57.2 Å². The SMILES string of the molecule is CCn1c2ccc(/C=C/c3cc[n+](C)cc3)cc2c2cc(/C=N/Nc3ccc([N+](=O)[O-])cc3[N+](=O)[O-])ccc21. The molecule has 5 aromatic rings. The highest BCUT2D eigenvalue weighted by atomic mass is 16.6. The zero-order valence-corrected chi connectivity index (χ0v) is 21.3. The van der Waals surface area contributed by atoms with Gasteiger partial charge in [-0.25, -0.2) is 4.57 Å². The molecule has 1 N–H and O–H groups in total. The molecule has 10 heteroatoms. The minimum absolute atomic E-state index is 0.0640. The molecule has 2 aromatic heterocycles. The maximum Gasteiger partial charge on any atom is 0.301 e. The first-order valence-electron chi connectivity index (χ1n) is 12.3. The second-order valence-corrected chi connectivity index (χ2v) is 9.01. The van der Waals surface area contributed by atoms with Crippen molar-refractivity contribution in [1.82, 2.24) is 4.57 Å². The Balaban J connectivity index is 1.46. The molecule has 194 valence electrons. The average Bonchev–Trinajstić information content (AvgIpc) is 3.25. The number of hydrogen-bond acceptors (Lipinski definition) is 6. The van der Waals surface area contributed by atoms with E-state index in [-0.39, 0.29) is 11.4 Å². The number of nitrogens with one attached hydrogen (secondary N) is 1. The highest BCUT2D eigenvalue weighted by Gasteiger charge is 2.19. The molecule has 0 radical (unpaired) electrons. The fourth-order valence-corrected chi connectivity index (χ4v) is 4.54. The molecule has 0 atom stereocenters. The molecule has 0 amide bonds. The Labute approximate surface area is 223 Å². The van der Waals surface area contributed by atoms with E-state index in [0.717, 1.165) is 51.1 Å². The summed E-state index contributed by atoms with van der Waals surface area (Å²) >= 11 is 0. The molecule has 0 aliphatic carbocycles. The third kappa shape index (κ3) is 5.21. The predicted octanol–water partition coefficient (Wildman–Crippen LogP) is 6.07. The number of aryl methyl sites for hydroxylation is 2. The molecule has 0 aliphatic rings. The average molecular weight is 522 g/mol. The lowest BCUT2D eigenvalue weighted by atomic mass is 10.1. The van der Waals surface area contributed by atoms with Crippen molar-refractivity contribution in [3.05, 3.63) is 116 Å². The summed E-state index contributed by atoms with van der Waals surface area (Å²) < 4.78 is 4.25. The molecular weight excluding hydrogens is 496 g/mol. The van der Waals surface area contributed by atoms with E-state index in [2.05, 4.69) is 64.5 Å². The lowest BCUT2D eigenvalue weighted by Crippen LogP contribution is -2.25. The number of rotatable bonds is 8. The Bertz CT molecular complexity index is 1790. The topological polar surface area (TPSA) is 119 Å². The minimum atomic E-state index is -0.680. The van der Waals surface area contributed by atoms with Crippen LogP contribution in [0, 0.1) is 20.2 Å². The van der Waals surface area contributed by atoms with Crippen molar-refractivity contribution in [3.8, 4) is 0 Å². The number of hydrazone groups is 1. The Morgan fingerprint density at radius 1 is 0.846 bits per heavy atom. The summed E-state index contributed by atoms with van der Waals surface area (Å²) in [6.45, 7) is 2.92. The monoisotopic (exact) mass is 521 g/mol. The van der Waals surface area contributed by atoms with E-state index in [1.165, 1.54) is 12.1 Å². The number of benzene rings is 3. The van der Waals surface area contributed by atoms with Gasteiger partial charge in [0, 0.05) is 46.5 Å². The van der Waals surface area contributed by atoms with Crippen LogP contribution < -0.4 is 9.99 Å². The summed E-state index contributed by atoms with van der Waals surface area (Å²) in [7, 11) is 1.99. The van der Waals surface area contributed by atoms with Gasteiger partial charge in [-0.3, -0.25) is 25.7 Å². The first kappa shape index (κ1) is 25.3. The van der Waals surface area contributed by atoms with Crippen molar-refractivity contribution in [2.75, 3.05) is 5.43 Å². The van der Waals surface area contributed by atoms with E-state index in [0.29, 0.717) is 0 Å². The van der Waals surface area contributed by atoms with Gasteiger partial charge in [-0.2, -0.15) is 5.10 Å². The number of fused-ring (bicyclic) bond motifs is 3. The molecule has 5 rings (SSSR count). The first-order chi connectivity index (χ1) is 18.8. The normalized spacial score (nSPS) is 11.6. The maximum absolute atomic E-state index is 11.4. The fourth-order valence-electron chi connectivity index (χ4n) is 4.54. The number of nitro groups is 2. The molecule has 10 nitrogen and oxygen atoms in total. The van der Waals surface area contributed by atoms with Crippen LogP contribution in [-0.2, 0) is 13.6 Å². The summed E-state index contributed by atoms with van der Waals surface area (Å²) in [6.07, 6.45) is 9.77. The summed E-state index contributed by atoms with van der Waals surface area (Å²) in [5, 5.41) is 28.7. The second-order valence-electron chi connectivity index (χ2n) is 9.01. The quantitative estimate of drug-likeness (QED) is 0.115. The Hall–Kier alpha value is -5.38. The van der Waals surface area contributed by atoms with E-state index >= 15 is 0 Å². The van der Waals surface area contributed by atoms with Gasteiger partial charge in [0.05, 0.1) is 22.1 Å². The number of pyridine rings is 1. The smallest absolute Gasteiger partial charge is 0.301 e. The molecular formula is C29H25N6O4+. The lowest BCUT2D eigenvalue weighted by Gasteiger charge is -2.03. The van der Waals surface area contributed by atoms with Crippen LogP contribution in [0.1, 0.15) is 23.6 Å². The summed E-state index contributed by atoms with van der Waals surface area (Å²) in [5.74, 6) is 0. The molecule has 39 heavy (non-hydrogen) atoms. The number of non-ortho nitro benzene ring substituents is 1.